The summed E-state index contributed by atoms with van der Waals surface area (Å²) in [4.78, 5) is 11.8. The summed E-state index contributed by atoms with van der Waals surface area (Å²) in [6.07, 6.45) is 2.90. The molecule has 0 saturated carbocycles. The molecule has 1 saturated heterocycles. The van der Waals surface area contributed by atoms with Gasteiger partial charge in [0.05, 0.1) is 12.1 Å². The first-order valence-electron chi connectivity index (χ1n) is 6.81. The van der Waals surface area contributed by atoms with E-state index in [4.69, 9.17) is 4.74 Å². The van der Waals surface area contributed by atoms with E-state index in [0.29, 0.717) is 18.4 Å². The van der Waals surface area contributed by atoms with Gasteiger partial charge in [0.25, 0.3) is 0 Å². The highest BCUT2D eigenvalue weighted by Crippen LogP contribution is 2.15. The van der Waals surface area contributed by atoms with Crippen molar-refractivity contribution in [3.8, 4) is 0 Å². The molecular weight excluding hydrogens is 245 g/mol. The number of amides is 1. The standard InChI is InChI=1S/C15H20FNO2/c1-11(14-7-4-10-19-14)17-15(18)9-8-12-5-2-3-6-13(12)16/h2-3,5-6,11,14H,4,7-10H2,1H3,(H,17,18). The Labute approximate surface area is 113 Å². The van der Waals surface area contributed by atoms with Crippen molar-refractivity contribution in [2.45, 2.75) is 44.8 Å². The largest absolute Gasteiger partial charge is 0.376 e. The molecule has 0 spiro atoms. The van der Waals surface area contributed by atoms with Gasteiger partial charge in [0.15, 0.2) is 0 Å². The molecule has 1 N–H and O–H groups in total. The van der Waals surface area contributed by atoms with Gasteiger partial charge in [-0.15, -0.1) is 0 Å². The molecule has 104 valence electrons. The third-order valence-corrected chi connectivity index (χ3v) is 3.49. The van der Waals surface area contributed by atoms with E-state index < -0.39 is 0 Å². The first-order valence-corrected chi connectivity index (χ1v) is 6.81. The van der Waals surface area contributed by atoms with Gasteiger partial charge < -0.3 is 10.1 Å². The second-order valence-corrected chi connectivity index (χ2v) is 5.00. The second-order valence-electron chi connectivity index (χ2n) is 5.00. The molecule has 2 rings (SSSR count). The van der Waals surface area contributed by atoms with Crippen molar-refractivity contribution in [2.24, 2.45) is 0 Å². The summed E-state index contributed by atoms with van der Waals surface area (Å²) in [6.45, 7) is 2.73. The molecule has 2 atom stereocenters. The average Bonchev–Trinajstić information content (AvgIpc) is 2.91. The lowest BCUT2D eigenvalue weighted by molar-refractivity contribution is -0.122. The molecule has 1 fully saturated rings. The summed E-state index contributed by atoms with van der Waals surface area (Å²) in [6, 6.07) is 6.59. The van der Waals surface area contributed by atoms with Gasteiger partial charge in [-0.05, 0) is 37.8 Å². The number of benzene rings is 1. The number of carbonyl (C=O) groups excluding carboxylic acids is 1. The van der Waals surface area contributed by atoms with Crippen molar-refractivity contribution in [3.05, 3.63) is 35.6 Å². The first kappa shape index (κ1) is 14.0. The maximum atomic E-state index is 13.4. The first-order chi connectivity index (χ1) is 9.16. The lowest BCUT2D eigenvalue weighted by atomic mass is 10.1. The minimum Gasteiger partial charge on any atom is -0.376 e. The lowest BCUT2D eigenvalue weighted by Gasteiger charge is -2.19. The molecule has 0 radical (unpaired) electrons. The SMILES string of the molecule is CC(NC(=O)CCc1ccccc1F)C1CCCO1. The van der Waals surface area contributed by atoms with Crippen LogP contribution in [-0.4, -0.2) is 24.7 Å². The van der Waals surface area contributed by atoms with E-state index in [2.05, 4.69) is 5.32 Å². The molecule has 3 nitrogen and oxygen atoms in total. The summed E-state index contributed by atoms with van der Waals surface area (Å²) in [7, 11) is 0. The van der Waals surface area contributed by atoms with E-state index in [-0.39, 0.29) is 23.9 Å². The van der Waals surface area contributed by atoms with Crippen molar-refractivity contribution in [2.75, 3.05) is 6.61 Å². The zero-order valence-corrected chi connectivity index (χ0v) is 11.2. The maximum Gasteiger partial charge on any atom is 0.220 e. The maximum absolute atomic E-state index is 13.4. The summed E-state index contributed by atoms with van der Waals surface area (Å²) in [5.41, 5.74) is 0.586. The van der Waals surface area contributed by atoms with Gasteiger partial charge >= 0.3 is 0 Å². The molecule has 1 aromatic rings. The Kier molecular flexibility index (Phi) is 4.91. The van der Waals surface area contributed by atoms with E-state index in [1.807, 2.05) is 6.92 Å². The molecule has 4 heteroatoms. The second kappa shape index (κ2) is 6.66. The van der Waals surface area contributed by atoms with E-state index in [9.17, 15) is 9.18 Å². The molecule has 1 aliphatic heterocycles. The Bertz CT molecular complexity index is 430. The normalized spacial score (nSPS) is 20.2. The Hall–Kier alpha value is -1.42. The van der Waals surface area contributed by atoms with Crippen LogP contribution in [0.15, 0.2) is 24.3 Å². The zero-order valence-electron chi connectivity index (χ0n) is 11.2. The smallest absolute Gasteiger partial charge is 0.220 e. The zero-order chi connectivity index (χ0) is 13.7. The van der Waals surface area contributed by atoms with Crippen molar-refractivity contribution < 1.29 is 13.9 Å². The quantitative estimate of drug-likeness (QED) is 0.888. The Morgan fingerprint density at radius 3 is 3.00 bits per heavy atom. The molecule has 1 amide bonds. The highest BCUT2D eigenvalue weighted by molar-refractivity contribution is 5.76. The van der Waals surface area contributed by atoms with Gasteiger partial charge in [-0.2, -0.15) is 0 Å². The van der Waals surface area contributed by atoms with E-state index in [0.717, 1.165) is 19.4 Å². The van der Waals surface area contributed by atoms with Crippen LogP contribution in [0.1, 0.15) is 31.7 Å². The van der Waals surface area contributed by atoms with Crippen molar-refractivity contribution in [1.82, 2.24) is 5.32 Å². The van der Waals surface area contributed by atoms with Crippen LogP contribution in [0.5, 0.6) is 0 Å². The fourth-order valence-electron chi connectivity index (χ4n) is 2.37. The molecule has 0 bridgehead atoms. The number of carbonyl (C=O) groups is 1. The molecule has 2 unspecified atom stereocenters. The number of aryl methyl sites for hydroxylation is 1. The summed E-state index contributed by atoms with van der Waals surface area (Å²) in [5, 5.41) is 2.93. The summed E-state index contributed by atoms with van der Waals surface area (Å²) in [5.74, 6) is -0.297. The molecular formula is C15H20FNO2. The number of nitrogens with one attached hydrogen (secondary N) is 1. The van der Waals surface area contributed by atoms with Gasteiger partial charge in [0, 0.05) is 13.0 Å². The minimum absolute atomic E-state index is 0.0237. The van der Waals surface area contributed by atoms with Crippen LogP contribution in [0.3, 0.4) is 0 Å². The highest BCUT2D eigenvalue weighted by Gasteiger charge is 2.23. The predicted molar refractivity (Wildman–Crippen MR) is 71.3 cm³/mol. The lowest BCUT2D eigenvalue weighted by Crippen LogP contribution is -2.40. The van der Waals surface area contributed by atoms with Gasteiger partial charge in [-0.25, -0.2) is 4.39 Å². The van der Waals surface area contributed by atoms with E-state index in [1.54, 1.807) is 18.2 Å². The Morgan fingerprint density at radius 2 is 2.32 bits per heavy atom. The predicted octanol–water partition coefficient (Wildman–Crippen LogP) is 2.44. The number of rotatable bonds is 5. The minimum atomic E-state index is -0.248. The van der Waals surface area contributed by atoms with E-state index >= 15 is 0 Å². The Morgan fingerprint density at radius 1 is 1.53 bits per heavy atom. The third kappa shape index (κ3) is 4.03. The fraction of sp³-hybridized carbons (Fsp3) is 0.533. The van der Waals surface area contributed by atoms with Crippen LogP contribution >= 0.6 is 0 Å². The van der Waals surface area contributed by atoms with Crippen LogP contribution in [0.2, 0.25) is 0 Å². The number of ether oxygens (including phenoxy) is 1. The average molecular weight is 265 g/mol. The molecule has 1 aliphatic rings. The van der Waals surface area contributed by atoms with Gasteiger partial charge in [0.1, 0.15) is 5.82 Å². The van der Waals surface area contributed by atoms with Crippen LogP contribution in [-0.2, 0) is 16.0 Å². The van der Waals surface area contributed by atoms with E-state index in [1.165, 1.54) is 6.07 Å². The Balaban J connectivity index is 1.77. The molecule has 0 aliphatic carbocycles. The van der Waals surface area contributed by atoms with Gasteiger partial charge in [0.2, 0.25) is 5.91 Å². The van der Waals surface area contributed by atoms with Crippen LogP contribution in [0.25, 0.3) is 0 Å². The van der Waals surface area contributed by atoms with Crippen molar-refractivity contribution in [3.63, 3.8) is 0 Å². The van der Waals surface area contributed by atoms with Crippen molar-refractivity contribution >= 4 is 5.91 Å². The third-order valence-electron chi connectivity index (χ3n) is 3.49. The topological polar surface area (TPSA) is 38.3 Å². The summed E-state index contributed by atoms with van der Waals surface area (Å²) >= 11 is 0. The number of halogens is 1. The van der Waals surface area contributed by atoms with Crippen molar-refractivity contribution in [1.29, 1.82) is 0 Å². The van der Waals surface area contributed by atoms with Crippen LogP contribution < -0.4 is 5.32 Å². The monoisotopic (exact) mass is 265 g/mol. The van der Waals surface area contributed by atoms with Gasteiger partial charge in [-0.3, -0.25) is 4.79 Å². The number of hydrogen-bond donors (Lipinski definition) is 1. The number of hydrogen-bond acceptors (Lipinski definition) is 2. The molecule has 0 aromatic heterocycles. The summed E-state index contributed by atoms with van der Waals surface area (Å²) < 4.78 is 18.9. The fourth-order valence-corrected chi connectivity index (χ4v) is 2.37. The molecule has 1 aromatic carbocycles. The highest BCUT2D eigenvalue weighted by atomic mass is 19.1. The molecule has 1 heterocycles. The molecule has 19 heavy (non-hydrogen) atoms. The van der Waals surface area contributed by atoms with Crippen LogP contribution in [0.4, 0.5) is 4.39 Å². The van der Waals surface area contributed by atoms with Gasteiger partial charge in [-0.1, -0.05) is 18.2 Å². The van der Waals surface area contributed by atoms with Crippen LogP contribution in [0, 0.1) is 5.82 Å².